The molecule has 0 unspecified atom stereocenters. The molecular weight excluding hydrogens is 235 g/mol. The molecule has 0 aliphatic rings. The van der Waals surface area contributed by atoms with Crippen molar-refractivity contribution in [3.63, 3.8) is 0 Å². The van der Waals surface area contributed by atoms with Crippen molar-refractivity contribution in [2.24, 2.45) is 0 Å². The van der Waals surface area contributed by atoms with Crippen LogP contribution in [0.15, 0.2) is 18.3 Å². The molecule has 2 heterocycles. The Labute approximate surface area is 105 Å². The molecule has 2 N–H and O–H groups in total. The van der Waals surface area contributed by atoms with Crippen LogP contribution >= 0.6 is 0 Å². The van der Waals surface area contributed by atoms with Gasteiger partial charge in [0.2, 0.25) is 5.95 Å². The van der Waals surface area contributed by atoms with Crippen molar-refractivity contribution >= 4 is 11.6 Å². The first-order valence-electron chi connectivity index (χ1n) is 6.16. The third-order valence-electron chi connectivity index (χ3n) is 2.66. The molecule has 6 heteroatoms. The van der Waals surface area contributed by atoms with E-state index >= 15 is 0 Å². The molecule has 98 valence electrons. The first-order valence-corrected chi connectivity index (χ1v) is 6.16. The number of unbranched alkanes of at least 4 members (excludes halogenated alkanes) is 3. The Morgan fingerprint density at radius 2 is 2.06 bits per heavy atom. The maximum Gasteiger partial charge on any atom is 0.243 e. The smallest absolute Gasteiger partial charge is 0.243 e. The van der Waals surface area contributed by atoms with Crippen molar-refractivity contribution in [2.45, 2.75) is 25.7 Å². The first kappa shape index (κ1) is 12.8. The molecule has 0 aliphatic carbocycles. The highest BCUT2D eigenvalue weighted by atomic mass is 19.1. The van der Waals surface area contributed by atoms with Gasteiger partial charge >= 0.3 is 0 Å². The summed E-state index contributed by atoms with van der Waals surface area (Å²) in [5, 5.41) is 15.9. The summed E-state index contributed by atoms with van der Waals surface area (Å²) >= 11 is 0. The third kappa shape index (κ3) is 3.40. The molecule has 0 amide bonds. The highest BCUT2D eigenvalue weighted by Crippen LogP contribution is 2.07. The molecule has 0 aromatic carbocycles. The molecule has 2 aromatic rings. The molecule has 0 bridgehead atoms. The highest BCUT2D eigenvalue weighted by Gasteiger charge is 2.03. The second-order valence-electron chi connectivity index (χ2n) is 4.15. The van der Waals surface area contributed by atoms with Crippen molar-refractivity contribution in [2.75, 3.05) is 18.5 Å². The zero-order chi connectivity index (χ0) is 12.8. The van der Waals surface area contributed by atoms with Gasteiger partial charge in [0.15, 0.2) is 5.65 Å². The van der Waals surface area contributed by atoms with Gasteiger partial charge in [-0.05, 0) is 25.0 Å². The molecule has 5 nitrogen and oxygen atoms in total. The number of hydrogen-bond donors (Lipinski definition) is 2. The van der Waals surface area contributed by atoms with Crippen LogP contribution in [-0.2, 0) is 0 Å². The average molecular weight is 252 g/mol. The Morgan fingerprint density at radius 1 is 1.22 bits per heavy atom. The molecule has 0 spiro atoms. The van der Waals surface area contributed by atoms with E-state index in [-0.39, 0.29) is 12.4 Å². The van der Waals surface area contributed by atoms with E-state index < -0.39 is 0 Å². The Kier molecular flexibility index (Phi) is 4.46. The minimum absolute atomic E-state index is 0.257. The van der Waals surface area contributed by atoms with E-state index in [2.05, 4.69) is 15.4 Å². The van der Waals surface area contributed by atoms with Gasteiger partial charge in [-0.15, -0.1) is 5.10 Å². The minimum atomic E-state index is -0.331. The van der Waals surface area contributed by atoms with Gasteiger partial charge in [0.1, 0.15) is 5.82 Å². The van der Waals surface area contributed by atoms with Crippen LogP contribution in [0, 0.1) is 5.82 Å². The van der Waals surface area contributed by atoms with Crippen molar-refractivity contribution in [1.82, 2.24) is 14.6 Å². The van der Waals surface area contributed by atoms with Crippen molar-refractivity contribution < 1.29 is 9.50 Å². The number of rotatable bonds is 7. The Bertz CT molecular complexity index is 500. The largest absolute Gasteiger partial charge is 0.396 e. The van der Waals surface area contributed by atoms with Crippen LogP contribution in [-0.4, -0.2) is 32.9 Å². The lowest BCUT2D eigenvalue weighted by Gasteiger charge is -2.00. The number of halogens is 1. The molecule has 0 fully saturated rings. The predicted octanol–water partition coefficient (Wildman–Crippen LogP) is 1.83. The zero-order valence-electron chi connectivity index (χ0n) is 10.1. The fourth-order valence-electron chi connectivity index (χ4n) is 1.72. The van der Waals surface area contributed by atoms with E-state index in [1.54, 1.807) is 6.07 Å². The van der Waals surface area contributed by atoms with Crippen molar-refractivity contribution in [1.29, 1.82) is 0 Å². The number of nitrogens with zero attached hydrogens (tertiary/aromatic N) is 3. The van der Waals surface area contributed by atoms with Gasteiger partial charge in [-0.1, -0.05) is 12.8 Å². The SMILES string of the molecule is OCCCCCCNc1nc2ccc(F)cn2n1. The molecule has 0 atom stereocenters. The molecule has 0 saturated heterocycles. The first-order chi connectivity index (χ1) is 8.79. The summed E-state index contributed by atoms with van der Waals surface area (Å²) < 4.78 is 14.4. The lowest BCUT2D eigenvalue weighted by Crippen LogP contribution is -2.03. The maximum absolute atomic E-state index is 12.9. The Hall–Kier alpha value is -1.69. The van der Waals surface area contributed by atoms with Crippen molar-refractivity contribution in [3.05, 3.63) is 24.1 Å². The number of hydrogen-bond acceptors (Lipinski definition) is 4. The lowest BCUT2D eigenvalue weighted by molar-refractivity contribution is 0.283. The summed E-state index contributed by atoms with van der Waals surface area (Å²) in [6.07, 6.45) is 5.25. The fourth-order valence-corrected chi connectivity index (χ4v) is 1.72. The summed E-state index contributed by atoms with van der Waals surface area (Å²) in [7, 11) is 0. The van der Waals surface area contributed by atoms with Gasteiger partial charge in [-0.2, -0.15) is 4.98 Å². The van der Waals surface area contributed by atoms with Crippen molar-refractivity contribution in [3.8, 4) is 0 Å². The Balaban J connectivity index is 1.81. The number of fused-ring (bicyclic) bond motifs is 1. The summed E-state index contributed by atoms with van der Waals surface area (Å²) in [6.45, 7) is 1.04. The monoisotopic (exact) mass is 252 g/mol. The van der Waals surface area contributed by atoms with E-state index in [0.717, 1.165) is 32.2 Å². The van der Waals surface area contributed by atoms with E-state index in [0.29, 0.717) is 11.6 Å². The fraction of sp³-hybridized carbons (Fsp3) is 0.500. The standard InChI is InChI=1S/C12H17FN4O/c13-10-5-6-11-15-12(16-17(11)9-10)14-7-3-1-2-4-8-18/h5-6,9,18H,1-4,7-8H2,(H,14,16). The van der Waals surface area contributed by atoms with Crippen LogP contribution in [0.1, 0.15) is 25.7 Å². The normalized spacial score (nSPS) is 11.0. The number of pyridine rings is 1. The predicted molar refractivity (Wildman–Crippen MR) is 67.0 cm³/mol. The molecule has 2 rings (SSSR count). The number of aliphatic hydroxyl groups excluding tert-OH is 1. The summed E-state index contributed by atoms with van der Waals surface area (Å²) in [4.78, 5) is 4.22. The summed E-state index contributed by atoms with van der Waals surface area (Å²) in [5.74, 6) is 0.186. The van der Waals surface area contributed by atoms with Crippen LogP contribution in [0.4, 0.5) is 10.3 Å². The van der Waals surface area contributed by atoms with Crippen LogP contribution < -0.4 is 5.32 Å². The number of nitrogens with one attached hydrogen (secondary N) is 1. The molecule has 2 aromatic heterocycles. The van der Waals surface area contributed by atoms with E-state index in [1.165, 1.54) is 16.8 Å². The average Bonchev–Trinajstić information content (AvgIpc) is 2.75. The lowest BCUT2D eigenvalue weighted by atomic mass is 10.2. The third-order valence-corrected chi connectivity index (χ3v) is 2.66. The minimum Gasteiger partial charge on any atom is -0.396 e. The molecule has 0 radical (unpaired) electrons. The Morgan fingerprint density at radius 3 is 2.89 bits per heavy atom. The van der Waals surface area contributed by atoms with Gasteiger partial charge in [-0.25, -0.2) is 8.91 Å². The summed E-state index contributed by atoms with van der Waals surface area (Å²) in [6, 6.07) is 2.96. The molecule has 18 heavy (non-hydrogen) atoms. The molecule has 0 aliphatic heterocycles. The number of anilines is 1. The van der Waals surface area contributed by atoms with Crippen LogP contribution in [0.3, 0.4) is 0 Å². The van der Waals surface area contributed by atoms with Gasteiger partial charge in [0.25, 0.3) is 0 Å². The second-order valence-corrected chi connectivity index (χ2v) is 4.15. The molecule has 0 saturated carbocycles. The zero-order valence-corrected chi connectivity index (χ0v) is 10.1. The quantitative estimate of drug-likeness (QED) is 0.738. The van der Waals surface area contributed by atoms with Gasteiger partial charge in [-0.3, -0.25) is 0 Å². The summed E-state index contributed by atoms with van der Waals surface area (Å²) in [5.41, 5.74) is 0.624. The van der Waals surface area contributed by atoms with E-state index in [9.17, 15) is 4.39 Å². The van der Waals surface area contributed by atoms with E-state index in [1.807, 2.05) is 0 Å². The van der Waals surface area contributed by atoms with Crippen LogP contribution in [0.2, 0.25) is 0 Å². The number of aromatic nitrogens is 3. The topological polar surface area (TPSA) is 62.5 Å². The second kappa shape index (κ2) is 6.30. The van der Waals surface area contributed by atoms with E-state index in [4.69, 9.17) is 5.11 Å². The van der Waals surface area contributed by atoms with Gasteiger partial charge in [0, 0.05) is 13.2 Å². The van der Waals surface area contributed by atoms with Crippen LogP contribution in [0.25, 0.3) is 5.65 Å². The van der Waals surface area contributed by atoms with Gasteiger partial charge < -0.3 is 10.4 Å². The highest BCUT2D eigenvalue weighted by molar-refractivity contribution is 5.42. The maximum atomic E-state index is 12.9. The van der Waals surface area contributed by atoms with Gasteiger partial charge in [0.05, 0.1) is 6.20 Å². The molecular formula is C12H17FN4O. The number of aliphatic hydroxyl groups is 1. The van der Waals surface area contributed by atoms with Crippen LogP contribution in [0.5, 0.6) is 0 Å².